The van der Waals surface area contributed by atoms with Gasteiger partial charge in [-0.3, -0.25) is 4.79 Å². The van der Waals surface area contributed by atoms with Crippen LogP contribution < -0.4 is 25.0 Å². The van der Waals surface area contributed by atoms with Crippen LogP contribution in [0.2, 0.25) is 5.02 Å². The fraction of sp³-hybridized carbons (Fsp3) is 0.355. The minimum absolute atomic E-state index is 0.0686. The Morgan fingerprint density at radius 1 is 1.16 bits per heavy atom. The van der Waals surface area contributed by atoms with E-state index in [0.717, 1.165) is 44.7 Å². The summed E-state index contributed by atoms with van der Waals surface area (Å²) in [6.07, 6.45) is 5.01. The largest absolute Gasteiger partial charge is 0.494 e. The van der Waals surface area contributed by atoms with Crippen LogP contribution in [0.25, 0.3) is 0 Å². The smallest absolute Gasteiger partial charge is 0.266 e. The van der Waals surface area contributed by atoms with E-state index in [1.165, 1.54) is 6.20 Å². The number of nitriles is 1. The summed E-state index contributed by atoms with van der Waals surface area (Å²) in [6.45, 7) is 3.92. The van der Waals surface area contributed by atoms with Crippen molar-refractivity contribution in [3.05, 3.63) is 65.3 Å². The van der Waals surface area contributed by atoms with Crippen LogP contribution in [0.5, 0.6) is 17.4 Å². The Kier molecular flexibility index (Phi) is 9.01. The lowest BCUT2D eigenvalue weighted by atomic mass is 10.1. The molecule has 3 aromatic rings. The number of methoxy groups -OCH3 is 1. The van der Waals surface area contributed by atoms with Crippen LogP contribution >= 0.6 is 11.6 Å². The summed E-state index contributed by atoms with van der Waals surface area (Å²) in [6, 6.07) is 14.8. The van der Waals surface area contributed by atoms with E-state index in [9.17, 15) is 10.1 Å². The number of nitrogens with zero attached hydrogens (tertiary/aromatic N) is 6. The molecular formula is C31H35ClN8O3. The van der Waals surface area contributed by atoms with Crippen LogP contribution in [0.15, 0.2) is 60.3 Å². The number of carbonyl (C=O) groups excluding carboxylic acids is 1. The molecule has 0 spiro atoms. The molecule has 2 aromatic carbocycles. The van der Waals surface area contributed by atoms with Crippen LogP contribution in [0, 0.1) is 11.3 Å². The molecule has 1 saturated heterocycles. The summed E-state index contributed by atoms with van der Waals surface area (Å²) >= 11 is 6.37. The first-order chi connectivity index (χ1) is 20.7. The van der Waals surface area contributed by atoms with Gasteiger partial charge < -0.3 is 34.8 Å². The van der Waals surface area contributed by atoms with Crippen molar-refractivity contribution in [1.29, 1.82) is 5.26 Å². The second kappa shape index (κ2) is 12.9. The molecule has 2 fully saturated rings. The maximum atomic E-state index is 12.9. The Morgan fingerprint density at radius 2 is 1.93 bits per heavy atom. The lowest BCUT2D eigenvalue weighted by Crippen LogP contribution is -2.44. The topological polar surface area (TPSA) is 119 Å². The summed E-state index contributed by atoms with van der Waals surface area (Å²) in [4.78, 5) is 28.3. The molecule has 0 bridgehead atoms. The van der Waals surface area contributed by atoms with Crippen molar-refractivity contribution in [2.75, 3.05) is 70.0 Å². The lowest BCUT2D eigenvalue weighted by molar-refractivity contribution is -0.112. The second-order valence-corrected chi connectivity index (χ2v) is 11.3. The first kappa shape index (κ1) is 30.1. The Balaban J connectivity index is 1.28. The zero-order chi connectivity index (χ0) is 30.6. The molecule has 224 valence electrons. The molecule has 2 N–H and O–H groups in total. The van der Waals surface area contributed by atoms with Crippen molar-refractivity contribution in [3.63, 3.8) is 0 Å². The Morgan fingerprint density at radius 3 is 2.60 bits per heavy atom. The zero-order valence-corrected chi connectivity index (χ0v) is 25.5. The van der Waals surface area contributed by atoms with Gasteiger partial charge in [0.1, 0.15) is 28.2 Å². The highest BCUT2D eigenvalue weighted by Gasteiger charge is 2.43. The predicted molar refractivity (Wildman–Crippen MR) is 168 cm³/mol. The van der Waals surface area contributed by atoms with Gasteiger partial charge in [-0.25, -0.2) is 4.98 Å². The summed E-state index contributed by atoms with van der Waals surface area (Å²) < 4.78 is 11.6. The zero-order valence-electron chi connectivity index (χ0n) is 24.7. The molecule has 0 atom stereocenters. The lowest BCUT2D eigenvalue weighted by Gasteiger charge is -2.34. The maximum absolute atomic E-state index is 12.9. The average molecular weight is 603 g/mol. The quantitative estimate of drug-likeness (QED) is 0.245. The molecule has 11 nitrogen and oxygen atoms in total. The summed E-state index contributed by atoms with van der Waals surface area (Å²) in [5.74, 6) is 0.979. The van der Waals surface area contributed by atoms with E-state index in [1.54, 1.807) is 37.5 Å². The normalized spacial score (nSPS) is 16.4. The SMILES string of the molecule is COc1cc(N2CCN(C)CC2)ccc1Nc1ncc(Cl)c(Oc2cccc(NC(=O)/C(C#N)=C/C3(N(C)C)CC3)c2)n1. The maximum Gasteiger partial charge on any atom is 0.266 e. The summed E-state index contributed by atoms with van der Waals surface area (Å²) in [5, 5.41) is 15.8. The van der Waals surface area contributed by atoms with E-state index < -0.39 is 5.91 Å². The van der Waals surface area contributed by atoms with Gasteiger partial charge in [-0.05, 0) is 64.3 Å². The summed E-state index contributed by atoms with van der Waals surface area (Å²) in [7, 11) is 7.64. The molecule has 0 unspecified atom stereocenters. The Bertz CT molecular complexity index is 1560. The second-order valence-electron chi connectivity index (χ2n) is 10.9. The fourth-order valence-electron chi connectivity index (χ4n) is 4.86. The predicted octanol–water partition coefficient (Wildman–Crippen LogP) is 4.91. The van der Waals surface area contributed by atoms with Gasteiger partial charge in [-0.1, -0.05) is 17.7 Å². The van der Waals surface area contributed by atoms with Crippen LogP contribution in [0.1, 0.15) is 12.8 Å². The number of amides is 1. The number of halogens is 1. The third-order valence-corrected chi connectivity index (χ3v) is 8.01. The van der Waals surface area contributed by atoms with E-state index >= 15 is 0 Å². The van der Waals surface area contributed by atoms with Crippen molar-refractivity contribution < 1.29 is 14.3 Å². The molecule has 2 aliphatic rings. The van der Waals surface area contributed by atoms with Gasteiger partial charge in [0.15, 0.2) is 0 Å². The van der Waals surface area contributed by atoms with Crippen molar-refractivity contribution >= 4 is 40.5 Å². The van der Waals surface area contributed by atoms with E-state index in [4.69, 9.17) is 21.1 Å². The third-order valence-electron chi connectivity index (χ3n) is 7.75. The van der Waals surface area contributed by atoms with Gasteiger partial charge in [0, 0.05) is 55.2 Å². The van der Waals surface area contributed by atoms with Gasteiger partial charge in [-0.2, -0.15) is 10.2 Å². The standard InChI is InChI=1S/C31H35ClN8O3/c1-38(2)31(10-11-31)18-21(19-33)28(41)35-22-6-5-7-24(16-22)43-29-25(32)20-34-30(37-29)36-26-9-8-23(17-27(26)42-4)40-14-12-39(3)13-15-40/h5-9,16-18,20H,10-15H2,1-4H3,(H,35,41)(H,34,36,37)/b21-18+. The van der Waals surface area contributed by atoms with Crippen molar-refractivity contribution in [3.8, 4) is 23.4 Å². The first-order valence-electron chi connectivity index (χ1n) is 14.0. The molecule has 1 aromatic heterocycles. The van der Waals surface area contributed by atoms with Crippen molar-refractivity contribution in [1.82, 2.24) is 19.8 Å². The number of hydrogen-bond acceptors (Lipinski definition) is 10. The van der Waals surface area contributed by atoms with E-state index in [-0.39, 0.29) is 28.0 Å². The van der Waals surface area contributed by atoms with Crippen molar-refractivity contribution in [2.45, 2.75) is 18.4 Å². The third kappa shape index (κ3) is 7.17. The molecule has 1 aliphatic carbocycles. The van der Waals surface area contributed by atoms with Crippen LogP contribution in [0.4, 0.5) is 23.0 Å². The van der Waals surface area contributed by atoms with Crippen LogP contribution in [0.3, 0.4) is 0 Å². The molecule has 0 radical (unpaired) electrons. The van der Waals surface area contributed by atoms with Crippen molar-refractivity contribution in [2.24, 2.45) is 0 Å². The van der Waals surface area contributed by atoms with E-state index in [0.29, 0.717) is 22.9 Å². The number of benzene rings is 2. The average Bonchev–Trinajstić information content (AvgIpc) is 3.79. The number of ether oxygens (including phenoxy) is 2. The number of likely N-dealkylation sites (N-methyl/N-ethyl adjacent to an activating group) is 2. The van der Waals surface area contributed by atoms with Crippen LogP contribution in [-0.4, -0.2) is 85.6 Å². The minimum Gasteiger partial charge on any atom is -0.494 e. The monoisotopic (exact) mass is 602 g/mol. The Hall–Kier alpha value is -4.37. The number of piperazine rings is 1. The first-order valence-corrected chi connectivity index (χ1v) is 14.4. The molecule has 2 heterocycles. The molecule has 1 amide bonds. The highest BCUT2D eigenvalue weighted by molar-refractivity contribution is 6.31. The fourth-order valence-corrected chi connectivity index (χ4v) is 4.99. The highest BCUT2D eigenvalue weighted by atomic mass is 35.5. The highest BCUT2D eigenvalue weighted by Crippen LogP contribution is 2.42. The molecule has 1 aliphatic heterocycles. The summed E-state index contributed by atoms with van der Waals surface area (Å²) in [5.41, 5.74) is 2.08. The van der Waals surface area contributed by atoms with Gasteiger partial charge in [0.25, 0.3) is 5.91 Å². The molecule has 12 heteroatoms. The van der Waals surface area contributed by atoms with E-state index in [1.807, 2.05) is 43.3 Å². The molecule has 1 saturated carbocycles. The number of carbonyl (C=O) groups is 1. The molecular weight excluding hydrogens is 568 g/mol. The molecule has 43 heavy (non-hydrogen) atoms. The minimum atomic E-state index is -0.480. The van der Waals surface area contributed by atoms with Gasteiger partial charge in [0.2, 0.25) is 11.8 Å². The van der Waals surface area contributed by atoms with E-state index in [2.05, 4.69) is 37.4 Å². The number of nitrogens with one attached hydrogen (secondary N) is 2. The van der Waals surface area contributed by atoms with Gasteiger partial charge in [0.05, 0.1) is 19.0 Å². The van der Waals surface area contributed by atoms with Gasteiger partial charge >= 0.3 is 0 Å². The van der Waals surface area contributed by atoms with Crippen LogP contribution in [-0.2, 0) is 4.79 Å². The molecule has 5 rings (SSSR count). The van der Waals surface area contributed by atoms with Gasteiger partial charge in [-0.15, -0.1) is 0 Å². The number of anilines is 4. The number of aromatic nitrogens is 2. The number of hydrogen-bond donors (Lipinski definition) is 2. The Labute approximate surface area is 256 Å². The number of rotatable bonds is 10.